The number of piperidine rings is 1. The molecule has 3 aliphatic rings. The first-order valence-corrected chi connectivity index (χ1v) is 23.5. The summed E-state index contributed by atoms with van der Waals surface area (Å²) in [6.45, 7) is 3.47. The third-order valence-corrected chi connectivity index (χ3v) is 12.9. The number of anilines is 4. The van der Waals surface area contributed by atoms with Gasteiger partial charge in [-0.1, -0.05) is 30.3 Å². The molecule has 4 heterocycles. The number of halogens is 1. The molecule has 1 fully saturated rings. The summed E-state index contributed by atoms with van der Waals surface area (Å²) in [5.41, 5.74) is 12.2. The summed E-state index contributed by atoms with van der Waals surface area (Å²) < 4.78 is 61.1. The highest BCUT2D eigenvalue weighted by molar-refractivity contribution is 7.92. The Kier molecular flexibility index (Phi) is 14.8. The average Bonchev–Trinajstić information content (AvgIpc) is 3.58. The van der Waals surface area contributed by atoms with Crippen LogP contribution < -0.4 is 31.7 Å². The maximum absolute atomic E-state index is 15.6. The molecular weight excluding hydrogens is 900 g/mol. The first kappa shape index (κ1) is 47.4. The number of carbonyl (C=O) groups is 5. The predicted molar refractivity (Wildman–Crippen MR) is 249 cm³/mol. The second-order valence-corrected chi connectivity index (χ2v) is 17.8. The van der Waals surface area contributed by atoms with E-state index in [0.29, 0.717) is 34.9 Å². The van der Waals surface area contributed by atoms with Crippen LogP contribution in [0, 0.1) is 5.82 Å². The van der Waals surface area contributed by atoms with Gasteiger partial charge in [0.25, 0.3) is 21.8 Å². The number of carbonyl (C=O) groups excluding carboxylic acids is 5. The van der Waals surface area contributed by atoms with Gasteiger partial charge in [-0.15, -0.1) is 0 Å². The maximum atomic E-state index is 15.6. The molecule has 68 heavy (non-hydrogen) atoms. The number of imide groups is 2. The quantitative estimate of drug-likeness (QED) is 0.0466. The van der Waals surface area contributed by atoms with Crippen LogP contribution in [0.4, 0.5) is 27.3 Å². The van der Waals surface area contributed by atoms with Gasteiger partial charge in [0, 0.05) is 59.5 Å². The lowest BCUT2D eigenvalue weighted by atomic mass is 9.94. The minimum Gasteiger partial charge on any atom is -0.383 e. The largest absolute Gasteiger partial charge is 0.383 e. The number of nitrogens with two attached hydrogens (primary N) is 1. The van der Waals surface area contributed by atoms with Gasteiger partial charge in [-0.05, 0) is 90.7 Å². The van der Waals surface area contributed by atoms with Crippen LogP contribution >= 0.6 is 0 Å². The highest BCUT2D eigenvalue weighted by Gasteiger charge is 2.45. The zero-order valence-corrected chi connectivity index (χ0v) is 37.6. The van der Waals surface area contributed by atoms with Crippen LogP contribution in [-0.4, -0.2) is 107 Å². The molecule has 3 aliphatic heterocycles. The number of sulfonamides is 1. The van der Waals surface area contributed by atoms with Crippen LogP contribution in [0.5, 0.6) is 0 Å². The minimum absolute atomic E-state index is 0.0364. The number of aromatic nitrogens is 1. The van der Waals surface area contributed by atoms with Crippen LogP contribution in [0.25, 0.3) is 22.3 Å². The second-order valence-electron chi connectivity index (χ2n) is 16.1. The van der Waals surface area contributed by atoms with Gasteiger partial charge in [0.2, 0.25) is 17.7 Å². The van der Waals surface area contributed by atoms with Crippen molar-refractivity contribution in [3.63, 3.8) is 0 Å². The van der Waals surface area contributed by atoms with Gasteiger partial charge in [-0.2, -0.15) is 0 Å². The summed E-state index contributed by atoms with van der Waals surface area (Å²) >= 11 is 0. The van der Waals surface area contributed by atoms with Crippen LogP contribution in [0.3, 0.4) is 0 Å². The Balaban J connectivity index is 0.704. The molecule has 5 amide bonds. The number of nitrogens with zero attached hydrogens (tertiary/aromatic N) is 2. The number of ether oxygens (including phenoxy) is 3. The van der Waals surface area contributed by atoms with E-state index in [1.165, 1.54) is 59.8 Å². The van der Waals surface area contributed by atoms with Crippen molar-refractivity contribution in [3.8, 4) is 22.3 Å². The van der Waals surface area contributed by atoms with Crippen molar-refractivity contribution >= 4 is 62.4 Å². The fourth-order valence-electron chi connectivity index (χ4n) is 8.08. The Hall–Kier alpha value is -7.10. The predicted octanol–water partition coefficient (Wildman–Crippen LogP) is 4.48. The van der Waals surface area contributed by atoms with E-state index in [0.717, 1.165) is 36.0 Å². The standard InChI is InChI=1S/C48H49FN8O10S/c49-39-26-35(10-11-36(39)32-25-38(45(50)53-28-32)30-4-5-31-27-51-16-14-29(31)24-30)68(63,64)56-34-8-6-33(7-9-34)54-43(59)15-18-65-20-22-67-23-21-66-19-17-52-40-3-1-2-37-44(40)48(62)57(47(37)61)41-12-13-42(58)55-46(41)60/h1-11,24-26,28,41,51-52,56H,12-23,27H2,(H2,50,53)(H,54,59)(H,55,58,60). The molecular formula is C48H49FN8O10S. The smallest absolute Gasteiger partial charge is 0.264 e. The molecule has 354 valence electrons. The van der Waals surface area contributed by atoms with E-state index < -0.39 is 45.5 Å². The molecule has 4 aromatic carbocycles. The maximum Gasteiger partial charge on any atom is 0.264 e. The van der Waals surface area contributed by atoms with Crippen LogP contribution in [0.2, 0.25) is 0 Å². The molecule has 0 bridgehead atoms. The highest BCUT2D eigenvalue weighted by Crippen LogP contribution is 2.35. The summed E-state index contributed by atoms with van der Waals surface area (Å²) in [5.74, 6) is -3.05. The lowest BCUT2D eigenvalue weighted by molar-refractivity contribution is -0.136. The number of nitrogens with one attached hydrogen (secondary N) is 5. The second kappa shape index (κ2) is 21.2. The van der Waals surface area contributed by atoms with Crippen molar-refractivity contribution in [1.82, 2.24) is 20.5 Å². The van der Waals surface area contributed by atoms with Crippen molar-refractivity contribution < 1.29 is 51.0 Å². The third-order valence-electron chi connectivity index (χ3n) is 11.6. The molecule has 1 atom stereocenters. The third kappa shape index (κ3) is 11.0. The Labute approximate surface area is 391 Å². The van der Waals surface area contributed by atoms with Crippen molar-refractivity contribution in [2.75, 3.05) is 73.8 Å². The lowest BCUT2D eigenvalue weighted by Gasteiger charge is -2.27. The number of amides is 5. The molecule has 1 aromatic heterocycles. The van der Waals surface area contributed by atoms with E-state index in [1.807, 2.05) is 12.1 Å². The zero-order chi connectivity index (χ0) is 47.8. The van der Waals surface area contributed by atoms with Crippen LogP contribution in [0.15, 0.2) is 96.0 Å². The molecule has 18 nitrogen and oxygen atoms in total. The monoisotopic (exact) mass is 948 g/mol. The van der Waals surface area contributed by atoms with E-state index in [4.69, 9.17) is 19.9 Å². The van der Waals surface area contributed by atoms with Gasteiger partial charge >= 0.3 is 0 Å². The molecule has 8 rings (SSSR count). The van der Waals surface area contributed by atoms with Gasteiger partial charge in [0.1, 0.15) is 17.7 Å². The van der Waals surface area contributed by atoms with E-state index >= 15 is 4.39 Å². The fraction of sp³-hybridized carbons (Fsp3) is 0.292. The van der Waals surface area contributed by atoms with Crippen molar-refractivity contribution in [2.45, 2.75) is 43.2 Å². The molecule has 0 saturated carbocycles. The van der Waals surface area contributed by atoms with E-state index in [2.05, 4.69) is 37.0 Å². The van der Waals surface area contributed by atoms with Gasteiger partial charge in [-0.25, -0.2) is 17.8 Å². The Morgan fingerprint density at radius 1 is 0.794 bits per heavy atom. The van der Waals surface area contributed by atoms with Crippen molar-refractivity contribution in [1.29, 1.82) is 0 Å². The molecule has 0 spiro atoms. The lowest BCUT2D eigenvalue weighted by Crippen LogP contribution is -2.54. The average molecular weight is 949 g/mol. The van der Waals surface area contributed by atoms with Crippen LogP contribution in [-0.2, 0) is 51.6 Å². The van der Waals surface area contributed by atoms with Crippen LogP contribution in [0.1, 0.15) is 51.1 Å². The Bertz CT molecular complexity index is 2860. The number of nitrogen functional groups attached to an aromatic ring is 1. The first-order chi connectivity index (χ1) is 32.9. The van der Waals surface area contributed by atoms with Crippen molar-refractivity contribution in [2.24, 2.45) is 0 Å². The highest BCUT2D eigenvalue weighted by atomic mass is 32.2. The Morgan fingerprint density at radius 2 is 1.54 bits per heavy atom. The topological polar surface area (TPSA) is 249 Å². The molecule has 7 N–H and O–H groups in total. The van der Waals surface area contributed by atoms with E-state index in [9.17, 15) is 32.4 Å². The summed E-state index contributed by atoms with van der Waals surface area (Å²) in [5, 5.41) is 11.4. The number of fused-ring (bicyclic) bond motifs is 2. The van der Waals surface area contributed by atoms with Gasteiger partial charge in [0.05, 0.1) is 62.1 Å². The number of benzene rings is 4. The van der Waals surface area contributed by atoms with Crippen molar-refractivity contribution in [3.05, 3.63) is 119 Å². The summed E-state index contributed by atoms with van der Waals surface area (Å²) in [4.78, 5) is 67.6. The van der Waals surface area contributed by atoms with Gasteiger partial charge < -0.3 is 35.9 Å². The number of pyridine rings is 1. The van der Waals surface area contributed by atoms with E-state index in [1.54, 1.807) is 18.2 Å². The summed E-state index contributed by atoms with van der Waals surface area (Å²) in [7, 11) is -4.18. The summed E-state index contributed by atoms with van der Waals surface area (Å²) in [6, 6.07) is 21.3. The molecule has 1 unspecified atom stereocenters. The van der Waals surface area contributed by atoms with Gasteiger partial charge in [-0.3, -0.25) is 38.9 Å². The fourth-order valence-corrected chi connectivity index (χ4v) is 9.15. The molecule has 1 saturated heterocycles. The Morgan fingerprint density at radius 3 is 2.31 bits per heavy atom. The normalized spacial score (nSPS) is 15.7. The number of rotatable bonds is 20. The molecule has 0 radical (unpaired) electrons. The summed E-state index contributed by atoms with van der Waals surface area (Å²) in [6.07, 6.45) is 2.51. The number of hydrogen-bond acceptors (Lipinski definition) is 14. The first-order valence-electron chi connectivity index (χ1n) is 22.0. The SMILES string of the molecule is Nc1ncc(-c2ccc(S(=O)(=O)Nc3ccc(NC(=O)CCOCCOCCOCCNc4cccc5c4C(=O)N(C4CCC(=O)NC4=O)C5=O)cc3)cc2F)cc1-c1ccc2c(c1)CCNC2. The minimum atomic E-state index is -4.18. The zero-order valence-electron chi connectivity index (χ0n) is 36.8. The van der Waals surface area contributed by atoms with E-state index in [-0.39, 0.29) is 92.1 Å². The van der Waals surface area contributed by atoms with Gasteiger partial charge in [0.15, 0.2) is 0 Å². The molecule has 20 heteroatoms. The molecule has 0 aliphatic carbocycles. The number of hydrogen-bond donors (Lipinski definition) is 6. The molecule has 5 aromatic rings.